The molecule has 2 nitrogen and oxygen atoms in total. The molecule has 2 atom stereocenters. The van der Waals surface area contributed by atoms with Crippen LogP contribution in [0.15, 0.2) is 24.3 Å². The molecule has 0 radical (unpaired) electrons. The molecule has 0 bridgehead atoms. The molecule has 1 aromatic carbocycles. The summed E-state index contributed by atoms with van der Waals surface area (Å²) in [6, 6.07) is 8.82. The first-order chi connectivity index (χ1) is 7.59. The second-order valence-corrected chi connectivity index (χ2v) is 4.78. The Hall–Kier alpha value is -1.31. The average molecular weight is 217 g/mol. The van der Waals surface area contributed by atoms with Crippen LogP contribution in [0, 0.1) is 12.8 Å². The van der Waals surface area contributed by atoms with Crippen molar-refractivity contribution < 1.29 is 4.79 Å². The molecule has 1 heterocycles. The number of ketones is 1. The van der Waals surface area contributed by atoms with Crippen LogP contribution in [0.1, 0.15) is 25.8 Å². The van der Waals surface area contributed by atoms with Gasteiger partial charge in [0.25, 0.3) is 0 Å². The minimum Gasteiger partial charge on any atom is -0.368 e. The molecule has 0 N–H and O–H groups in total. The van der Waals surface area contributed by atoms with Gasteiger partial charge in [0.1, 0.15) is 5.78 Å². The third-order valence-corrected chi connectivity index (χ3v) is 3.66. The van der Waals surface area contributed by atoms with Crippen molar-refractivity contribution >= 4 is 11.5 Å². The van der Waals surface area contributed by atoms with Gasteiger partial charge in [-0.05, 0) is 31.5 Å². The molecule has 1 aromatic rings. The van der Waals surface area contributed by atoms with Crippen LogP contribution in [-0.4, -0.2) is 18.4 Å². The Kier molecular flexibility index (Phi) is 2.99. The number of rotatable bonds is 1. The van der Waals surface area contributed by atoms with E-state index in [4.69, 9.17) is 0 Å². The van der Waals surface area contributed by atoms with E-state index in [0.717, 1.165) is 6.54 Å². The number of aryl methyl sites for hydroxylation is 1. The Morgan fingerprint density at radius 3 is 2.75 bits per heavy atom. The fraction of sp³-hybridized carbons (Fsp3) is 0.500. The summed E-state index contributed by atoms with van der Waals surface area (Å²) in [6.07, 6.45) is 0.680. The van der Waals surface area contributed by atoms with Gasteiger partial charge in [0.2, 0.25) is 0 Å². The number of Topliss-reactive ketones (excluding diaryl/α,β-unsaturated/α-hetero) is 1. The maximum absolute atomic E-state index is 11.6. The highest BCUT2D eigenvalue weighted by Crippen LogP contribution is 2.26. The molecular weight excluding hydrogens is 198 g/mol. The summed E-state index contributed by atoms with van der Waals surface area (Å²) < 4.78 is 0. The number of nitrogens with zero attached hydrogens (tertiary/aromatic N) is 1. The number of carbonyl (C=O) groups excluding carboxylic acids is 1. The van der Waals surface area contributed by atoms with Gasteiger partial charge in [-0.2, -0.15) is 0 Å². The van der Waals surface area contributed by atoms with Gasteiger partial charge in [0, 0.05) is 30.6 Å². The van der Waals surface area contributed by atoms with Crippen LogP contribution in [-0.2, 0) is 4.79 Å². The van der Waals surface area contributed by atoms with E-state index in [0.29, 0.717) is 18.2 Å². The van der Waals surface area contributed by atoms with E-state index in [2.05, 4.69) is 43.0 Å². The Morgan fingerprint density at radius 2 is 2.06 bits per heavy atom. The molecule has 2 rings (SSSR count). The lowest BCUT2D eigenvalue weighted by molar-refractivity contribution is -0.123. The van der Waals surface area contributed by atoms with Crippen LogP contribution in [0.5, 0.6) is 0 Å². The molecule has 2 unspecified atom stereocenters. The molecule has 16 heavy (non-hydrogen) atoms. The zero-order valence-corrected chi connectivity index (χ0v) is 10.2. The summed E-state index contributed by atoms with van der Waals surface area (Å²) in [5.41, 5.74) is 2.51. The number of carbonyl (C=O) groups is 1. The lowest BCUT2D eigenvalue weighted by atomic mass is 9.90. The maximum Gasteiger partial charge on any atom is 0.139 e. The molecule has 0 aliphatic carbocycles. The standard InChI is InChI=1S/C14H19NO/c1-10-5-4-6-13(9-10)15-8-7-14(16)11(2)12(15)3/h4-6,9,11-12H,7-8H2,1-3H3. The summed E-state index contributed by atoms with van der Waals surface area (Å²) in [5.74, 6) is 0.547. The maximum atomic E-state index is 11.6. The third kappa shape index (κ3) is 1.97. The molecule has 86 valence electrons. The normalized spacial score (nSPS) is 25.9. The van der Waals surface area contributed by atoms with E-state index in [9.17, 15) is 4.79 Å². The zero-order valence-electron chi connectivity index (χ0n) is 10.2. The predicted octanol–water partition coefficient (Wildman–Crippen LogP) is 2.80. The fourth-order valence-corrected chi connectivity index (χ4v) is 2.37. The molecule has 1 saturated heterocycles. The lowest BCUT2D eigenvalue weighted by Crippen LogP contribution is -2.46. The van der Waals surface area contributed by atoms with Crippen LogP contribution in [0.2, 0.25) is 0 Å². The van der Waals surface area contributed by atoms with Crippen LogP contribution in [0.4, 0.5) is 5.69 Å². The van der Waals surface area contributed by atoms with Crippen LogP contribution >= 0.6 is 0 Å². The van der Waals surface area contributed by atoms with Crippen molar-refractivity contribution in [3.63, 3.8) is 0 Å². The van der Waals surface area contributed by atoms with Crippen molar-refractivity contribution in [3.05, 3.63) is 29.8 Å². The third-order valence-electron chi connectivity index (χ3n) is 3.66. The lowest BCUT2D eigenvalue weighted by Gasteiger charge is -2.38. The SMILES string of the molecule is Cc1cccc(N2CCC(=O)C(C)C2C)c1. The van der Waals surface area contributed by atoms with E-state index in [1.54, 1.807) is 0 Å². The molecule has 0 saturated carbocycles. The molecule has 1 fully saturated rings. The number of piperidine rings is 1. The van der Waals surface area contributed by atoms with E-state index >= 15 is 0 Å². The summed E-state index contributed by atoms with van der Waals surface area (Å²) in [6.45, 7) is 7.14. The van der Waals surface area contributed by atoms with Crippen molar-refractivity contribution in [2.75, 3.05) is 11.4 Å². The van der Waals surface area contributed by atoms with Gasteiger partial charge in [0.05, 0.1) is 0 Å². The fourth-order valence-electron chi connectivity index (χ4n) is 2.37. The molecule has 0 amide bonds. The van der Waals surface area contributed by atoms with Gasteiger partial charge in [-0.15, -0.1) is 0 Å². The number of hydrogen-bond donors (Lipinski definition) is 0. The van der Waals surface area contributed by atoms with Gasteiger partial charge >= 0.3 is 0 Å². The van der Waals surface area contributed by atoms with Gasteiger partial charge in [0.15, 0.2) is 0 Å². The smallest absolute Gasteiger partial charge is 0.139 e. The average Bonchev–Trinajstić information content (AvgIpc) is 2.26. The number of anilines is 1. The largest absolute Gasteiger partial charge is 0.368 e. The first kappa shape index (κ1) is 11.2. The highest BCUT2D eigenvalue weighted by atomic mass is 16.1. The van der Waals surface area contributed by atoms with Crippen LogP contribution in [0.3, 0.4) is 0 Å². The first-order valence-corrected chi connectivity index (χ1v) is 5.95. The van der Waals surface area contributed by atoms with E-state index in [1.807, 2.05) is 6.92 Å². The Morgan fingerprint density at radius 1 is 1.31 bits per heavy atom. The quantitative estimate of drug-likeness (QED) is 0.721. The van der Waals surface area contributed by atoms with Crippen molar-refractivity contribution in [1.82, 2.24) is 0 Å². The van der Waals surface area contributed by atoms with Gasteiger partial charge in [-0.25, -0.2) is 0 Å². The van der Waals surface area contributed by atoms with E-state index < -0.39 is 0 Å². The molecule has 0 aromatic heterocycles. The summed E-state index contributed by atoms with van der Waals surface area (Å²) in [4.78, 5) is 14.0. The number of benzene rings is 1. The summed E-state index contributed by atoms with van der Waals surface area (Å²) in [7, 11) is 0. The topological polar surface area (TPSA) is 20.3 Å². The number of hydrogen-bond acceptors (Lipinski definition) is 2. The van der Waals surface area contributed by atoms with Crippen molar-refractivity contribution in [1.29, 1.82) is 0 Å². The highest BCUT2D eigenvalue weighted by Gasteiger charge is 2.30. The predicted molar refractivity (Wildman–Crippen MR) is 66.8 cm³/mol. The van der Waals surface area contributed by atoms with E-state index in [-0.39, 0.29) is 5.92 Å². The second kappa shape index (κ2) is 4.28. The van der Waals surface area contributed by atoms with Crippen LogP contribution in [0.25, 0.3) is 0 Å². The molecule has 1 aliphatic heterocycles. The molecule has 1 aliphatic rings. The summed E-state index contributed by atoms with van der Waals surface area (Å²) in [5, 5.41) is 0. The van der Waals surface area contributed by atoms with Crippen molar-refractivity contribution in [3.8, 4) is 0 Å². The van der Waals surface area contributed by atoms with Crippen molar-refractivity contribution in [2.45, 2.75) is 33.2 Å². The first-order valence-electron chi connectivity index (χ1n) is 5.95. The van der Waals surface area contributed by atoms with E-state index in [1.165, 1.54) is 11.3 Å². The minimum atomic E-state index is 0.147. The molecular formula is C14H19NO. The van der Waals surface area contributed by atoms with Gasteiger partial charge in [-0.1, -0.05) is 19.1 Å². The Labute approximate surface area is 97.3 Å². The molecule has 0 spiro atoms. The monoisotopic (exact) mass is 217 g/mol. The molecule has 2 heteroatoms. The second-order valence-electron chi connectivity index (χ2n) is 4.78. The minimum absolute atomic E-state index is 0.147. The van der Waals surface area contributed by atoms with Crippen LogP contribution < -0.4 is 4.90 Å². The van der Waals surface area contributed by atoms with Crippen molar-refractivity contribution in [2.24, 2.45) is 5.92 Å². The van der Waals surface area contributed by atoms with Gasteiger partial charge in [-0.3, -0.25) is 4.79 Å². The summed E-state index contributed by atoms with van der Waals surface area (Å²) >= 11 is 0. The Bertz CT molecular complexity index is 399. The van der Waals surface area contributed by atoms with Gasteiger partial charge < -0.3 is 4.90 Å². The zero-order chi connectivity index (χ0) is 11.7. The highest BCUT2D eigenvalue weighted by molar-refractivity contribution is 5.84. The Balaban J connectivity index is 2.25.